The Kier molecular flexibility index (Phi) is 5.48. The first-order chi connectivity index (χ1) is 10.6. The summed E-state index contributed by atoms with van der Waals surface area (Å²) in [4.78, 5) is 21.4. The molecule has 2 rings (SSSR count). The van der Waals surface area contributed by atoms with Crippen molar-refractivity contribution in [3.8, 4) is 5.75 Å². The van der Waals surface area contributed by atoms with Gasteiger partial charge in [0.2, 0.25) is 6.54 Å². The Morgan fingerprint density at radius 2 is 1.86 bits per heavy atom. The summed E-state index contributed by atoms with van der Waals surface area (Å²) < 4.78 is 10.4. The van der Waals surface area contributed by atoms with Crippen LogP contribution < -0.4 is 4.74 Å². The number of carbonyl (C=O) groups is 1. The summed E-state index contributed by atoms with van der Waals surface area (Å²) in [7, 11) is 0. The lowest BCUT2D eigenvalue weighted by Gasteiger charge is -2.08. The van der Waals surface area contributed by atoms with Crippen molar-refractivity contribution in [1.82, 2.24) is 0 Å². The zero-order valence-electron chi connectivity index (χ0n) is 11.8. The van der Waals surface area contributed by atoms with E-state index in [1.54, 1.807) is 24.3 Å². The van der Waals surface area contributed by atoms with Crippen LogP contribution in [0.5, 0.6) is 5.75 Å². The predicted molar refractivity (Wildman–Crippen MR) is 79.4 cm³/mol. The van der Waals surface area contributed by atoms with Crippen LogP contribution in [0.4, 0.5) is 0 Å². The van der Waals surface area contributed by atoms with Gasteiger partial charge in [0.15, 0.2) is 6.61 Å². The summed E-state index contributed by atoms with van der Waals surface area (Å²) in [5, 5.41) is 10.2. The van der Waals surface area contributed by atoms with Gasteiger partial charge in [0.25, 0.3) is 0 Å². The van der Waals surface area contributed by atoms with Crippen LogP contribution in [-0.2, 0) is 11.3 Å². The highest BCUT2D eigenvalue weighted by atomic mass is 16.6. The van der Waals surface area contributed by atoms with Crippen molar-refractivity contribution >= 4 is 5.97 Å². The second-order valence-corrected chi connectivity index (χ2v) is 4.49. The van der Waals surface area contributed by atoms with Gasteiger partial charge in [0, 0.05) is 4.92 Å². The van der Waals surface area contributed by atoms with Crippen molar-refractivity contribution in [3.05, 3.63) is 75.8 Å². The number of carbonyl (C=O) groups excluding carboxylic acids is 1. The molecule has 0 aliphatic carbocycles. The van der Waals surface area contributed by atoms with E-state index in [1.165, 1.54) is 0 Å². The van der Waals surface area contributed by atoms with Gasteiger partial charge in [-0.2, -0.15) is 0 Å². The highest BCUT2D eigenvalue weighted by Gasteiger charge is 2.09. The first-order valence-electron chi connectivity index (χ1n) is 6.71. The average molecular weight is 301 g/mol. The van der Waals surface area contributed by atoms with E-state index in [-0.39, 0.29) is 6.61 Å². The van der Waals surface area contributed by atoms with E-state index in [2.05, 4.69) is 0 Å². The smallest absolute Gasteiger partial charge is 0.338 e. The van der Waals surface area contributed by atoms with Gasteiger partial charge in [-0.25, -0.2) is 4.79 Å². The van der Waals surface area contributed by atoms with Crippen LogP contribution in [0.25, 0.3) is 0 Å². The molecule has 2 aromatic rings. The molecule has 0 heterocycles. The topological polar surface area (TPSA) is 78.7 Å². The average Bonchev–Trinajstić information content (AvgIpc) is 2.54. The quantitative estimate of drug-likeness (QED) is 0.446. The zero-order chi connectivity index (χ0) is 15.8. The van der Waals surface area contributed by atoms with E-state index in [0.717, 1.165) is 5.56 Å². The fraction of sp³-hybridized carbons (Fsp3) is 0.188. The molecule has 0 atom stereocenters. The van der Waals surface area contributed by atoms with E-state index >= 15 is 0 Å². The summed E-state index contributed by atoms with van der Waals surface area (Å²) in [5.74, 6) is -0.0698. The van der Waals surface area contributed by atoms with Gasteiger partial charge in [-0.1, -0.05) is 36.4 Å². The van der Waals surface area contributed by atoms with Crippen molar-refractivity contribution < 1.29 is 19.2 Å². The third-order valence-corrected chi connectivity index (χ3v) is 2.83. The van der Waals surface area contributed by atoms with E-state index in [9.17, 15) is 14.9 Å². The van der Waals surface area contributed by atoms with Crippen LogP contribution in [0.1, 0.15) is 15.9 Å². The zero-order valence-corrected chi connectivity index (χ0v) is 11.8. The number of esters is 1. The van der Waals surface area contributed by atoms with E-state index in [1.807, 2.05) is 30.3 Å². The van der Waals surface area contributed by atoms with Crippen LogP contribution >= 0.6 is 0 Å². The monoisotopic (exact) mass is 301 g/mol. The lowest BCUT2D eigenvalue weighted by atomic mass is 10.2. The van der Waals surface area contributed by atoms with Gasteiger partial charge >= 0.3 is 5.97 Å². The van der Waals surface area contributed by atoms with Gasteiger partial charge in [0.05, 0.1) is 5.56 Å². The van der Waals surface area contributed by atoms with Crippen molar-refractivity contribution in [1.29, 1.82) is 0 Å². The Morgan fingerprint density at radius 3 is 2.59 bits per heavy atom. The number of benzene rings is 2. The lowest BCUT2D eigenvalue weighted by molar-refractivity contribution is -0.482. The number of rotatable bonds is 7. The molecular weight excluding hydrogens is 286 g/mol. The summed E-state index contributed by atoms with van der Waals surface area (Å²) in [6, 6.07) is 16.2. The molecule has 0 saturated heterocycles. The molecule has 0 saturated carbocycles. The van der Waals surface area contributed by atoms with Crippen LogP contribution in [0.3, 0.4) is 0 Å². The van der Waals surface area contributed by atoms with E-state index in [4.69, 9.17) is 9.47 Å². The normalized spacial score (nSPS) is 10.0. The molecule has 2 aromatic carbocycles. The standard InChI is InChI=1S/C16H15NO5/c18-16(21-10-9-17(19)20)14-7-4-8-15(11-14)22-12-13-5-2-1-3-6-13/h1-8,11H,9-10,12H2. The van der Waals surface area contributed by atoms with Crippen LogP contribution in [0, 0.1) is 10.1 Å². The molecule has 6 heteroatoms. The van der Waals surface area contributed by atoms with Gasteiger partial charge in [-0.3, -0.25) is 10.1 Å². The van der Waals surface area contributed by atoms with Gasteiger partial charge in [-0.05, 0) is 23.8 Å². The number of nitrogens with zero attached hydrogens (tertiary/aromatic N) is 1. The van der Waals surface area contributed by atoms with Gasteiger partial charge in [-0.15, -0.1) is 0 Å². The molecule has 0 aliphatic heterocycles. The molecule has 0 radical (unpaired) electrons. The molecule has 114 valence electrons. The summed E-state index contributed by atoms with van der Waals surface area (Å²) in [6.45, 7) is -0.266. The molecular formula is C16H15NO5. The number of hydrogen-bond acceptors (Lipinski definition) is 5. The van der Waals surface area contributed by atoms with Crippen LogP contribution in [0.15, 0.2) is 54.6 Å². The Morgan fingerprint density at radius 1 is 1.09 bits per heavy atom. The highest BCUT2D eigenvalue weighted by Crippen LogP contribution is 2.16. The molecule has 0 N–H and O–H groups in total. The largest absolute Gasteiger partial charge is 0.489 e. The Hall–Kier alpha value is -2.89. The van der Waals surface area contributed by atoms with E-state index in [0.29, 0.717) is 17.9 Å². The second kappa shape index (κ2) is 7.78. The Labute approximate surface area is 127 Å². The van der Waals surface area contributed by atoms with E-state index < -0.39 is 17.4 Å². The molecule has 0 amide bonds. The van der Waals surface area contributed by atoms with Crippen molar-refractivity contribution in [2.75, 3.05) is 13.2 Å². The highest BCUT2D eigenvalue weighted by molar-refractivity contribution is 5.89. The molecule has 22 heavy (non-hydrogen) atoms. The minimum Gasteiger partial charge on any atom is -0.489 e. The number of ether oxygens (including phenoxy) is 2. The summed E-state index contributed by atoms with van der Waals surface area (Å²) in [6.07, 6.45) is 0. The number of nitro groups is 1. The lowest BCUT2D eigenvalue weighted by Crippen LogP contribution is -2.13. The fourth-order valence-electron chi connectivity index (χ4n) is 1.75. The third-order valence-electron chi connectivity index (χ3n) is 2.83. The first kappa shape index (κ1) is 15.5. The summed E-state index contributed by atoms with van der Waals surface area (Å²) >= 11 is 0. The molecule has 6 nitrogen and oxygen atoms in total. The Bertz CT molecular complexity index is 642. The maximum Gasteiger partial charge on any atom is 0.338 e. The predicted octanol–water partition coefficient (Wildman–Crippen LogP) is 2.70. The van der Waals surface area contributed by atoms with Crippen LogP contribution in [-0.4, -0.2) is 24.0 Å². The molecule has 0 aromatic heterocycles. The third kappa shape index (κ3) is 4.90. The van der Waals surface area contributed by atoms with Gasteiger partial charge in [0.1, 0.15) is 12.4 Å². The van der Waals surface area contributed by atoms with Gasteiger partial charge < -0.3 is 9.47 Å². The molecule has 0 unspecified atom stereocenters. The van der Waals surface area contributed by atoms with Crippen molar-refractivity contribution in [2.45, 2.75) is 6.61 Å². The first-order valence-corrected chi connectivity index (χ1v) is 6.71. The fourth-order valence-corrected chi connectivity index (χ4v) is 1.75. The maximum absolute atomic E-state index is 11.8. The van der Waals surface area contributed by atoms with Crippen molar-refractivity contribution in [2.24, 2.45) is 0 Å². The molecule has 0 bridgehead atoms. The van der Waals surface area contributed by atoms with Crippen LogP contribution in [0.2, 0.25) is 0 Å². The minimum atomic E-state index is -0.605. The maximum atomic E-state index is 11.8. The molecule has 0 fully saturated rings. The minimum absolute atomic E-state index is 0.249. The number of hydrogen-bond donors (Lipinski definition) is 0. The molecule has 0 spiro atoms. The molecule has 0 aliphatic rings. The Balaban J connectivity index is 1.91. The van der Waals surface area contributed by atoms with Crippen molar-refractivity contribution in [3.63, 3.8) is 0 Å². The second-order valence-electron chi connectivity index (χ2n) is 4.49. The summed E-state index contributed by atoms with van der Waals surface area (Å²) in [5.41, 5.74) is 1.32. The SMILES string of the molecule is O=C(OCC[N+](=O)[O-])c1cccc(OCc2ccccc2)c1.